The summed E-state index contributed by atoms with van der Waals surface area (Å²) in [6, 6.07) is 6.96. The SMILES string of the molecule is [N-]=[N+]=Nc1cccc(C=CC=O)c1. The van der Waals surface area contributed by atoms with E-state index in [1.807, 2.05) is 6.07 Å². The van der Waals surface area contributed by atoms with Crippen LogP contribution in [0.5, 0.6) is 0 Å². The lowest BCUT2D eigenvalue weighted by Crippen LogP contribution is -1.70. The minimum absolute atomic E-state index is 0.538. The molecule has 1 rings (SSSR count). The lowest BCUT2D eigenvalue weighted by atomic mass is 10.2. The molecule has 64 valence electrons. The van der Waals surface area contributed by atoms with E-state index in [2.05, 4.69) is 10.0 Å². The van der Waals surface area contributed by atoms with Crippen molar-refractivity contribution in [2.24, 2.45) is 5.11 Å². The summed E-state index contributed by atoms with van der Waals surface area (Å²) in [6.45, 7) is 0. The van der Waals surface area contributed by atoms with Crippen LogP contribution in [0, 0.1) is 0 Å². The molecule has 0 aliphatic rings. The van der Waals surface area contributed by atoms with Gasteiger partial charge in [-0.1, -0.05) is 29.4 Å². The molecule has 0 aliphatic carbocycles. The summed E-state index contributed by atoms with van der Waals surface area (Å²) in [6.07, 6.45) is 3.72. The highest BCUT2D eigenvalue weighted by atomic mass is 16.1. The van der Waals surface area contributed by atoms with Crippen molar-refractivity contribution in [1.29, 1.82) is 0 Å². The smallest absolute Gasteiger partial charge is 0.142 e. The third-order valence-electron chi connectivity index (χ3n) is 1.40. The Kier molecular flexibility index (Phi) is 3.30. The van der Waals surface area contributed by atoms with Crippen LogP contribution in [0.25, 0.3) is 16.5 Å². The second kappa shape index (κ2) is 4.74. The molecule has 0 aromatic heterocycles. The maximum absolute atomic E-state index is 10.0. The molecule has 0 heterocycles. The summed E-state index contributed by atoms with van der Waals surface area (Å²) in [7, 11) is 0. The first kappa shape index (κ1) is 9.03. The van der Waals surface area contributed by atoms with Crippen LogP contribution in [-0.4, -0.2) is 6.29 Å². The molecule has 1 aromatic rings. The normalized spacial score (nSPS) is 9.54. The molecule has 0 fully saturated rings. The first-order valence-corrected chi connectivity index (χ1v) is 3.64. The molecule has 0 radical (unpaired) electrons. The lowest BCUT2D eigenvalue weighted by molar-refractivity contribution is -0.104. The number of nitrogens with zero attached hydrogens (tertiary/aromatic N) is 3. The Morgan fingerprint density at radius 1 is 1.46 bits per heavy atom. The van der Waals surface area contributed by atoms with E-state index >= 15 is 0 Å². The van der Waals surface area contributed by atoms with Crippen molar-refractivity contribution in [3.63, 3.8) is 0 Å². The highest BCUT2D eigenvalue weighted by Gasteiger charge is 1.88. The second-order valence-corrected chi connectivity index (χ2v) is 2.28. The van der Waals surface area contributed by atoms with Gasteiger partial charge in [-0.25, -0.2) is 0 Å². The van der Waals surface area contributed by atoms with Crippen LogP contribution < -0.4 is 0 Å². The van der Waals surface area contributed by atoms with Gasteiger partial charge in [0.15, 0.2) is 0 Å². The summed E-state index contributed by atoms with van der Waals surface area (Å²) in [4.78, 5) is 12.7. The average molecular weight is 173 g/mol. The predicted octanol–water partition coefficient (Wildman–Crippen LogP) is 2.84. The van der Waals surface area contributed by atoms with Gasteiger partial charge in [0.05, 0.1) is 0 Å². The molecule has 4 heteroatoms. The Hall–Kier alpha value is -2.06. The van der Waals surface area contributed by atoms with Gasteiger partial charge in [0, 0.05) is 10.6 Å². The lowest BCUT2D eigenvalue weighted by Gasteiger charge is -1.93. The summed E-state index contributed by atoms with van der Waals surface area (Å²) in [5.74, 6) is 0. The molecular weight excluding hydrogens is 166 g/mol. The molecule has 4 nitrogen and oxygen atoms in total. The van der Waals surface area contributed by atoms with Gasteiger partial charge >= 0.3 is 0 Å². The number of hydrogen-bond acceptors (Lipinski definition) is 2. The molecule has 0 bridgehead atoms. The van der Waals surface area contributed by atoms with Crippen LogP contribution in [0.15, 0.2) is 35.5 Å². The zero-order chi connectivity index (χ0) is 9.52. The van der Waals surface area contributed by atoms with Crippen molar-refractivity contribution in [2.45, 2.75) is 0 Å². The standard InChI is InChI=1S/C9H7N3O/c10-12-11-9-5-1-3-8(7-9)4-2-6-13/h1-7H. The fourth-order valence-corrected chi connectivity index (χ4v) is 0.893. The maximum Gasteiger partial charge on any atom is 0.142 e. The van der Waals surface area contributed by atoms with Crippen LogP contribution in [0.2, 0.25) is 0 Å². The largest absolute Gasteiger partial charge is 0.299 e. The molecule has 13 heavy (non-hydrogen) atoms. The number of benzene rings is 1. The van der Waals surface area contributed by atoms with Crippen LogP contribution >= 0.6 is 0 Å². The Balaban J connectivity index is 2.97. The van der Waals surface area contributed by atoms with Gasteiger partial charge in [0.2, 0.25) is 0 Å². The molecule has 0 atom stereocenters. The van der Waals surface area contributed by atoms with Gasteiger partial charge in [-0.05, 0) is 23.2 Å². The number of azide groups is 1. The van der Waals surface area contributed by atoms with E-state index in [-0.39, 0.29) is 0 Å². The molecule has 0 amide bonds. The van der Waals surface area contributed by atoms with Crippen molar-refractivity contribution in [3.8, 4) is 0 Å². The minimum atomic E-state index is 0.538. The van der Waals surface area contributed by atoms with Crippen molar-refractivity contribution < 1.29 is 4.79 Å². The summed E-state index contributed by atoms with van der Waals surface area (Å²) >= 11 is 0. The third kappa shape index (κ3) is 2.81. The summed E-state index contributed by atoms with van der Waals surface area (Å²) in [5, 5.41) is 3.43. The molecule has 0 spiro atoms. The van der Waals surface area contributed by atoms with E-state index < -0.39 is 0 Å². The van der Waals surface area contributed by atoms with E-state index in [4.69, 9.17) is 5.53 Å². The fraction of sp³-hybridized carbons (Fsp3) is 0. The molecule has 0 N–H and O–H groups in total. The monoisotopic (exact) mass is 173 g/mol. The number of carbonyl (C=O) groups is 1. The van der Waals surface area contributed by atoms with Gasteiger partial charge in [0.1, 0.15) is 6.29 Å². The Bertz CT molecular complexity index is 378. The Labute approximate surface area is 75.1 Å². The van der Waals surface area contributed by atoms with Crippen molar-refractivity contribution >= 4 is 18.0 Å². The highest BCUT2D eigenvalue weighted by Crippen LogP contribution is 2.14. The van der Waals surface area contributed by atoms with Crippen LogP contribution in [0.3, 0.4) is 0 Å². The van der Waals surface area contributed by atoms with E-state index in [1.54, 1.807) is 24.3 Å². The first-order valence-electron chi connectivity index (χ1n) is 3.64. The maximum atomic E-state index is 10.0. The summed E-state index contributed by atoms with van der Waals surface area (Å²) in [5.41, 5.74) is 9.54. The summed E-state index contributed by atoms with van der Waals surface area (Å²) < 4.78 is 0. The van der Waals surface area contributed by atoms with Crippen LogP contribution in [-0.2, 0) is 4.79 Å². The van der Waals surface area contributed by atoms with Crippen molar-refractivity contribution in [3.05, 3.63) is 46.3 Å². The second-order valence-electron chi connectivity index (χ2n) is 2.28. The van der Waals surface area contributed by atoms with E-state index in [1.165, 1.54) is 6.08 Å². The van der Waals surface area contributed by atoms with E-state index in [0.29, 0.717) is 12.0 Å². The molecule has 1 aromatic carbocycles. The van der Waals surface area contributed by atoms with Crippen molar-refractivity contribution in [1.82, 2.24) is 0 Å². The quantitative estimate of drug-likeness (QED) is 0.228. The Morgan fingerprint density at radius 2 is 2.31 bits per heavy atom. The van der Waals surface area contributed by atoms with Crippen LogP contribution in [0.4, 0.5) is 5.69 Å². The average Bonchev–Trinajstić information content (AvgIpc) is 2.16. The van der Waals surface area contributed by atoms with Gasteiger partial charge in [0.25, 0.3) is 0 Å². The molecule has 0 aliphatic heterocycles. The zero-order valence-corrected chi connectivity index (χ0v) is 6.79. The number of allylic oxidation sites excluding steroid dienone is 1. The van der Waals surface area contributed by atoms with E-state index in [0.717, 1.165) is 5.56 Å². The van der Waals surface area contributed by atoms with Gasteiger partial charge in [-0.2, -0.15) is 0 Å². The number of aldehydes is 1. The predicted molar refractivity (Wildman–Crippen MR) is 50.3 cm³/mol. The molecule has 0 saturated carbocycles. The van der Waals surface area contributed by atoms with Crippen molar-refractivity contribution in [2.75, 3.05) is 0 Å². The molecular formula is C9H7N3O. The third-order valence-corrected chi connectivity index (χ3v) is 1.40. The van der Waals surface area contributed by atoms with Gasteiger partial charge < -0.3 is 0 Å². The van der Waals surface area contributed by atoms with Gasteiger partial charge in [-0.15, -0.1) is 0 Å². The fourth-order valence-electron chi connectivity index (χ4n) is 0.893. The van der Waals surface area contributed by atoms with Gasteiger partial charge in [-0.3, -0.25) is 4.79 Å². The van der Waals surface area contributed by atoms with E-state index in [9.17, 15) is 4.79 Å². The number of carbonyl (C=O) groups excluding carboxylic acids is 1. The first-order chi connectivity index (χ1) is 6.36. The minimum Gasteiger partial charge on any atom is -0.299 e. The number of hydrogen-bond donors (Lipinski definition) is 0. The highest BCUT2D eigenvalue weighted by molar-refractivity contribution is 5.74. The van der Waals surface area contributed by atoms with Crippen LogP contribution in [0.1, 0.15) is 5.56 Å². The zero-order valence-electron chi connectivity index (χ0n) is 6.79. The molecule has 0 saturated heterocycles. The Morgan fingerprint density at radius 3 is 3.00 bits per heavy atom. The number of rotatable bonds is 3. The topological polar surface area (TPSA) is 65.8 Å². The molecule has 0 unspecified atom stereocenters.